The Kier molecular flexibility index (Phi) is 3.59. The van der Waals surface area contributed by atoms with Crippen molar-refractivity contribution < 1.29 is 5.11 Å². The van der Waals surface area contributed by atoms with Gasteiger partial charge in [-0.2, -0.15) is 5.10 Å². The molecule has 1 fully saturated rings. The third-order valence-electron chi connectivity index (χ3n) is 3.06. The summed E-state index contributed by atoms with van der Waals surface area (Å²) < 4.78 is 1.96. The number of aryl methyl sites for hydroxylation is 1. The molecule has 4 nitrogen and oxygen atoms in total. The quantitative estimate of drug-likeness (QED) is 0.797. The normalized spacial score (nSPS) is 18.0. The first-order chi connectivity index (χ1) is 7.66. The van der Waals surface area contributed by atoms with Gasteiger partial charge in [-0.25, -0.2) is 9.67 Å². The van der Waals surface area contributed by atoms with Crippen LogP contribution in [0.25, 0.3) is 0 Å². The predicted molar refractivity (Wildman–Crippen MR) is 61.9 cm³/mol. The lowest BCUT2D eigenvalue weighted by Crippen LogP contribution is -2.14. The first-order valence-electron chi connectivity index (χ1n) is 6.21. The number of rotatable bonds is 6. The standard InChI is InChI=1S/C12H21N3O/c1-9(2)7-15-12(13-8-14-15)6-5-11(16)10-3-4-10/h8-11,16H,3-7H2,1-2H3. The zero-order valence-corrected chi connectivity index (χ0v) is 10.1. The minimum Gasteiger partial charge on any atom is -0.393 e. The summed E-state index contributed by atoms with van der Waals surface area (Å²) in [6.07, 6.45) is 5.52. The van der Waals surface area contributed by atoms with E-state index in [1.54, 1.807) is 6.33 Å². The van der Waals surface area contributed by atoms with Crippen molar-refractivity contribution in [3.8, 4) is 0 Å². The van der Waals surface area contributed by atoms with Crippen LogP contribution in [-0.4, -0.2) is 26.0 Å². The Morgan fingerprint density at radius 1 is 1.50 bits per heavy atom. The molecule has 0 amide bonds. The smallest absolute Gasteiger partial charge is 0.138 e. The first-order valence-corrected chi connectivity index (χ1v) is 6.21. The lowest BCUT2D eigenvalue weighted by molar-refractivity contribution is 0.140. The lowest BCUT2D eigenvalue weighted by atomic mass is 10.1. The molecule has 0 bridgehead atoms. The highest BCUT2D eigenvalue weighted by Crippen LogP contribution is 2.34. The second-order valence-corrected chi connectivity index (χ2v) is 5.20. The van der Waals surface area contributed by atoms with Crippen LogP contribution >= 0.6 is 0 Å². The number of aromatic nitrogens is 3. The van der Waals surface area contributed by atoms with Crippen molar-refractivity contribution in [3.63, 3.8) is 0 Å². The number of aliphatic hydroxyl groups is 1. The molecule has 1 saturated carbocycles. The number of nitrogens with zero attached hydrogens (tertiary/aromatic N) is 3. The molecule has 4 heteroatoms. The van der Waals surface area contributed by atoms with Crippen LogP contribution in [0.1, 0.15) is 38.9 Å². The fourth-order valence-electron chi connectivity index (χ4n) is 1.97. The van der Waals surface area contributed by atoms with Gasteiger partial charge in [0, 0.05) is 13.0 Å². The third-order valence-corrected chi connectivity index (χ3v) is 3.06. The monoisotopic (exact) mass is 223 g/mol. The van der Waals surface area contributed by atoms with Gasteiger partial charge in [-0.1, -0.05) is 13.8 Å². The van der Waals surface area contributed by atoms with E-state index in [-0.39, 0.29) is 6.10 Å². The molecular weight excluding hydrogens is 202 g/mol. The van der Waals surface area contributed by atoms with Gasteiger partial charge in [-0.15, -0.1) is 0 Å². The third kappa shape index (κ3) is 3.04. The average molecular weight is 223 g/mol. The number of hydrogen-bond donors (Lipinski definition) is 1. The zero-order valence-electron chi connectivity index (χ0n) is 10.1. The first kappa shape index (κ1) is 11.6. The average Bonchev–Trinajstić information content (AvgIpc) is 2.98. The van der Waals surface area contributed by atoms with Crippen LogP contribution in [0.3, 0.4) is 0 Å². The van der Waals surface area contributed by atoms with E-state index in [1.165, 1.54) is 12.8 Å². The highest BCUT2D eigenvalue weighted by atomic mass is 16.3. The van der Waals surface area contributed by atoms with E-state index in [1.807, 2.05) is 4.68 Å². The highest BCUT2D eigenvalue weighted by Gasteiger charge is 2.29. The van der Waals surface area contributed by atoms with Gasteiger partial charge in [0.25, 0.3) is 0 Å². The molecule has 0 saturated heterocycles. The van der Waals surface area contributed by atoms with E-state index in [4.69, 9.17) is 0 Å². The summed E-state index contributed by atoms with van der Waals surface area (Å²) in [5.74, 6) is 2.14. The Morgan fingerprint density at radius 3 is 2.88 bits per heavy atom. The summed E-state index contributed by atoms with van der Waals surface area (Å²) in [5, 5.41) is 14.0. The fourth-order valence-corrected chi connectivity index (χ4v) is 1.97. The molecule has 1 N–H and O–H groups in total. The van der Waals surface area contributed by atoms with Gasteiger partial charge in [0.2, 0.25) is 0 Å². The lowest BCUT2D eigenvalue weighted by Gasteiger charge is -2.10. The van der Waals surface area contributed by atoms with E-state index in [9.17, 15) is 5.11 Å². The van der Waals surface area contributed by atoms with Crippen molar-refractivity contribution in [1.29, 1.82) is 0 Å². The predicted octanol–water partition coefficient (Wildman–Crippen LogP) is 1.64. The van der Waals surface area contributed by atoms with Crippen LogP contribution in [0, 0.1) is 11.8 Å². The zero-order chi connectivity index (χ0) is 11.5. The summed E-state index contributed by atoms with van der Waals surface area (Å²) in [7, 11) is 0. The van der Waals surface area contributed by atoms with Crippen molar-refractivity contribution >= 4 is 0 Å². The van der Waals surface area contributed by atoms with Crippen molar-refractivity contribution in [1.82, 2.24) is 14.8 Å². The summed E-state index contributed by atoms with van der Waals surface area (Å²) in [5.41, 5.74) is 0. The van der Waals surface area contributed by atoms with Gasteiger partial charge in [-0.05, 0) is 31.1 Å². The molecule has 2 rings (SSSR count). The largest absolute Gasteiger partial charge is 0.393 e. The van der Waals surface area contributed by atoms with Crippen LogP contribution < -0.4 is 0 Å². The molecule has 1 aromatic rings. The molecule has 1 aromatic heterocycles. The molecule has 0 radical (unpaired) electrons. The summed E-state index contributed by atoms with van der Waals surface area (Å²) in [6, 6.07) is 0. The highest BCUT2D eigenvalue weighted by molar-refractivity contribution is 4.89. The van der Waals surface area contributed by atoms with Crippen molar-refractivity contribution in [3.05, 3.63) is 12.2 Å². The van der Waals surface area contributed by atoms with Crippen LogP contribution in [-0.2, 0) is 13.0 Å². The molecule has 16 heavy (non-hydrogen) atoms. The maximum absolute atomic E-state index is 9.80. The molecule has 90 valence electrons. The minimum absolute atomic E-state index is 0.135. The van der Waals surface area contributed by atoms with Crippen molar-refractivity contribution in [2.75, 3.05) is 0 Å². The molecular formula is C12H21N3O. The van der Waals surface area contributed by atoms with Gasteiger partial charge < -0.3 is 5.11 Å². The Balaban J connectivity index is 1.85. The molecule has 1 unspecified atom stereocenters. The van der Waals surface area contributed by atoms with Gasteiger partial charge in [0.15, 0.2) is 0 Å². The van der Waals surface area contributed by atoms with E-state index < -0.39 is 0 Å². The molecule has 1 aliphatic rings. The van der Waals surface area contributed by atoms with Crippen LogP contribution in [0.4, 0.5) is 0 Å². The van der Waals surface area contributed by atoms with Crippen molar-refractivity contribution in [2.45, 2.75) is 52.2 Å². The molecule has 1 atom stereocenters. The number of aliphatic hydroxyl groups excluding tert-OH is 1. The maximum Gasteiger partial charge on any atom is 0.138 e. The fraction of sp³-hybridized carbons (Fsp3) is 0.833. The minimum atomic E-state index is -0.135. The summed E-state index contributed by atoms with van der Waals surface area (Å²) in [4.78, 5) is 4.26. The van der Waals surface area contributed by atoms with Crippen LogP contribution in [0.2, 0.25) is 0 Å². The SMILES string of the molecule is CC(C)Cn1ncnc1CCC(O)C1CC1. The summed E-state index contributed by atoms with van der Waals surface area (Å²) >= 11 is 0. The Hall–Kier alpha value is -0.900. The van der Waals surface area contributed by atoms with E-state index >= 15 is 0 Å². The van der Waals surface area contributed by atoms with Gasteiger partial charge in [-0.3, -0.25) is 0 Å². The maximum atomic E-state index is 9.80. The topological polar surface area (TPSA) is 50.9 Å². The second-order valence-electron chi connectivity index (χ2n) is 5.20. The number of hydrogen-bond acceptors (Lipinski definition) is 3. The van der Waals surface area contributed by atoms with Gasteiger partial charge in [0.1, 0.15) is 12.2 Å². The van der Waals surface area contributed by atoms with Crippen molar-refractivity contribution in [2.24, 2.45) is 11.8 Å². The Labute approximate surface area is 96.7 Å². The molecule has 1 heterocycles. The molecule has 0 aromatic carbocycles. The molecule has 1 aliphatic carbocycles. The van der Waals surface area contributed by atoms with Crippen LogP contribution in [0.5, 0.6) is 0 Å². The van der Waals surface area contributed by atoms with E-state index in [2.05, 4.69) is 23.9 Å². The van der Waals surface area contributed by atoms with E-state index in [0.717, 1.165) is 25.2 Å². The second kappa shape index (κ2) is 4.95. The van der Waals surface area contributed by atoms with Crippen LogP contribution in [0.15, 0.2) is 6.33 Å². The summed E-state index contributed by atoms with van der Waals surface area (Å²) in [6.45, 7) is 5.25. The Morgan fingerprint density at radius 2 is 2.25 bits per heavy atom. The van der Waals surface area contributed by atoms with Gasteiger partial charge in [0.05, 0.1) is 6.10 Å². The Bertz CT molecular complexity index is 331. The molecule has 0 aliphatic heterocycles. The molecule has 0 spiro atoms. The van der Waals surface area contributed by atoms with E-state index in [0.29, 0.717) is 11.8 Å². The van der Waals surface area contributed by atoms with Gasteiger partial charge >= 0.3 is 0 Å².